The number of non-ortho nitro benzene ring substituents is 1. The van der Waals surface area contributed by atoms with Crippen LogP contribution in [0.2, 0.25) is 0 Å². The Morgan fingerprint density at radius 2 is 1.86 bits per heavy atom. The standard InChI is InChI=1S/C26H23N3O6S/c1-4-35-25(31)19-8-6-9-21(13-19)28-16(2)11-20(17(28)3)14-23-24(30)27(26(32)36-23)15-18-7-5-10-22(12-18)29(33)34/h5-14H,4,15H2,1-3H3/b23-14-. The molecule has 0 bridgehead atoms. The number of esters is 1. The Hall–Kier alpha value is -4.18. The maximum Gasteiger partial charge on any atom is 0.338 e. The number of nitro groups is 1. The summed E-state index contributed by atoms with van der Waals surface area (Å²) in [7, 11) is 0. The van der Waals surface area contributed by atoms with Crippen molar-refractivity contribution in [2.24, 2.45) is 0 Å². The van der Waals surface area contributed by atoms with Gasteiger partial charge in [-0.3, -0.25) is 24.6 Å². The van der Waals surface area contributed by atoms with Gasteiger partial charge < -0.3 is 9.30 Å². The van der Waals surface area contributed by atoms with E-state index in [0.29, 0.717) is 11.1 Å². The molecule has 1 aliphatic rings. The van der Waals surface area contributed by atoms with Crippen LogP contribution in [0.1, 0.15) is 39.8 Å². The second kappa shape index (κ2) is 10.2. The molecule has 2 aromatic carbocycles. The zero-order chi connectivity index (χ0) is 26.0. The molecule has 1 saturated heterocycles. The van der Waals surface area contributed by atoms with Crippen LogP contribution in [-0.2, 0) is 16.1 Å². The molecule has 1 fully saturated rings. The highest BCUT2D eigenvalue weighted by Crippen LogP contribution is 2.35. The van der Waals surface area contributed by atoms with Crippen LogP contribution in [0.15, 0.2) is 59.5 Å². The van der Waals surface area contributed by atoms with E-state index in [9.17, 15) is 24.5 Å². The summed E-state index contributed by atoms with van der Waals surface area (Å²) in [6.07, 6.45) is 1.67. The van der Waals surface area contributed by atoms with Crippen LogP contribution in [0.25, 0.3) is 11.8 Å². The van der Waals surface area contributed by atoms with Crippen LogP contribution in [0, 0.1) is 24.0 Å². The minimum absolute atomic E-state index is 0.0522. The molecule has 3 aromatic rings. The predicted molar refractivity (Wildman–Crippen MR) is 136 cm³/mol. The molecular formula is C26H23N3O6S. The number of carbonyl (C=O) groups is 3. The molecule has 1 aromatic heterocycles. The van der Waals surface area contributed by atoms with Crippen molar-refractivity contribution in [1.82, 2.24) is 9.47 Å². The molecule has 0 unspecified atom stereocenters. The average Bonchev–Trinajstić information content (AvgIpc) is 3.28. The molecule has 0 spiro atoms. The molecule has 36 heavy (non-hydrogen) atoms. The molecule has 0 N–H and O–H groups in total. The molecule has 4 rings (SSSR count). The number of carbonyl (C=O) groups excluding carboxylic acids is 3. The summed E-state index contributed by atoms with van der Waals surface area (Å²) in [5.41, 5.74) is 4.07. The van der Waals surface area contributed by atoms with Crippen LogP contribution >= 0.6 is 11.8 Å². The van der Waals surface area contributed by atoms with Gasteiger partial charge in [0.25, 0.3) is 16.8 Å². The largest absolute Gasteiger partial charge is 0.462 e. The number of imide groups is 1. The summed E-state index contributed by atoms with van der Waals surface area (Å²) in [6, 6.07) is 14.9. The average molecular weight is 506 g/mol. The highest BCUT2D eigenvalue weighted by Gasteiger charge is 2.35. The normalized spacial score (nSPS) is 14.5. The van der Waals surface area contributed by atoms with Gasteiger partial charge in [0, 0.05) is 29.2 Å². The Morgan fingerprint density at radius 1 is 1.11 bits per heavy atom. The first-order valence-electron chi connectivity index (χ1n) is 11.1. The third-order valence-corrected chi connectivity index (χ3v) is 6.62. The SMILES string of the molecule is CCOC(=O)c1cccc(-n2c(C)cc(/C=C3\SC(=O)N(Cc4cccc([N+](=O)[O-])c4)C3=O)c2C)c1. The van der Waals surface area contributed by atoms with Crippen molar-refractivity contribution in [2.75, 3.05) is 6.61 Å². The van der Waals surface area contributed by atoms with Crippen molar-refractivity contribution in [3.8, 4) is 5.69 Å². The topological polar surface area (TPSA) is 112 Å². The van der Waals surface area contributed by atoms with E-state index in [1.165, 1.54) is 18.2 Å². The molecule has 0 atom stereocenters. The summed E-state index contributed by atoms with van der Waals surface area (Å²) in [5.74, 6) is -0.856. The second-order valence-electron chi connectivity index (χ2n) is 8.13. The predicted octanol–water partition coefficient (Wildman–Crippen LogP) is 5.42. The van der Waals surface area contributed by atoms with Crippen molar-refractivity contribution in [3.05, 3.63) is 97.7 Å². The summed E-state index contributed by atoms with van der Waals surface area (Å²) >= 11 is 0.832. The van der Waals surface area contributed by atoms with Crippen LogP contribution in [0.4, 0.5) is 10.5 Å². The van der Waals surface area contributed by atoms with Gasteiger partial charge >= 0.3 is 5.97 Å². The van der Waals surface area contributed by atoms with Gasteiger partial charge in [0.2, 0.25) is 0 Å². The Balaban J connectivity index is 1.61. The van der Waals surface area contributed by atoms with Gasteiger partial charge in [-0.15, -0.1) is 0 Å². The number of amides is 2. The molecule has 0 saturated carbocycles. The number of hydrogen-bond acceptors (Lipinski definition) is 7. The fourth-order valence-electron chi connectivity index (χ4n) is 4.05. The van der Waals surface area contributed by atoms with Crippen LogP contribution in [0.3, 0.4) is 0 Å². The van der Waals surface area contributed by atoms with E-state index in [2.05, 4.69) is 0 Å². The smallest absolute Gasteiger partial charge is 0.338 e. The zero-order valence-corrected chi connectivity index (χ0v) is 20.7. The minimum atomic E-state index is -0.518. The van der Waals surface area contributed by atoms with Crippen LogP contribution in [0.5, 0.6) is 0 Å². The number of benzene rings is 2. The van der Waals surface area contributed by atoms with Gasteiger partial charge in [-0.05, 0) is 74.0 Å². The molecule has 10 heteroatoms. The van der Waals surface area contributed by atoms with Crippen LogP contribution in [-0.4, -0.2) is 38.1 Å². The molecule has 0 radical (unpaired) electrons. The van der Waals surface area contributed by atoms with Gasteiger partial charge in [-0.1, -0.05) is 18.2 Å². The minimum Gasteiger partial charge on any atom is -0.462 e. The summed E-state index contributed by atoms with van der Waals surface area (Å²) in [4.78, 5) is 49.6. The summed E-state index contributed by atoms with van der Waals surface area (Å²) in [5, 5.41) is 10.6. The van der Waals surface area contributed by atoms with E-state index in [1.807, 2.05) is 30.5 Å². The lowest BCUT2D eigenvalue weighted by Gasteiger charge is -2.12. The summed E-state index contributed by atoms with van der Waals surface area (Å²) in [6.45, 7) is 5.78. The van der Waals surface area contributed by atoms with Crippen molar-refractivity contribution in [2.45, 2.75) is 27.3 Å². The summed E-state index contributed by atoms with van der Waals surface area (Å²) < 4.78 is 7.06. The van der Waals surface area contributed by atoms with Crippen molar-refractivity contribution >= 4 is 40.6 Å². The number of nitrogens with zero attached hydrogens (tertiary/aromatic N) is 3. The van der Waals surface area contributed by atoms with E-state index in [0.717, 1.165) is 39.3 Å². The van der Waals surface area contributed by atoms with Crippen LogP contribution < -0.4 is 0 Å². The first-order chi connectivity index (χ1) is 17.2. The fraction of sp³-hybridized carbons (Fsp3) is 0.192. The number of ether oxygens (including phenoxy) is 1. The molecule has 9 nitrogen and oxygen atoms in total. The number of rotatable bonds is 7. The first kappa shape index (κ1) is 24.9. The van der Waals surface area contributed by atoms with E-state index < -0.39 is 22.0 Å². The highest BCUT2D eigenvalue weighted by atomic mass is 32.2. The van der Waals surface area contributed by atoms with E-state index >= 15 is 0 Å². The second-order valence-corrected chi connectivity index (χ2v) is 9.12. The van der Waals surface area contributed by atoms with E-state index in [-0.39, 0.29) is 23.7 Å². The Kier molecular flexibility index (Phi) is 7.07. The first-order valence-corrected chi connectivity index (χ1v) is 12.0. The monoisotopic (exact) mass is 505 g/mol. The van der Waals surface area contributed by atoms with Gasteiger partial charge in [-0.2, -0.15) is 0 Å². The van der Waals surface area contributed by atoms with E-state index in [4.69, 9.17) is 4.74 Å². The van der Waals surface area contributed by atoms with Gasteiger partial charge in [0.1, 0.15) is 0 Å². The number of thioether (sulfide) groups is 1. The number of aryl methyl sites for hydroxylation is 1. The maximum atomic E-state index is 13.0. The van der Waals surface area contributed by atoms with E-state index in [1.54, 1.807) is 37.3 Å². The lowest BCUT2D eigenvalue weighted by atomic mass is 10.2. The number of hydrogen-bond donors (Lipinski definition) is 0. The lowest BCUT2D eigenvalue weighted by molar-refractivity contribution is -0.384. The quantitative estimate of drug-likeness (QED) is 0.182. The van der Waals surface area contributed by atoms with Crippen molar-refractivity contribution < 1.29 is 24.0 Å². The highest BCUT2D eigenvalue weighted by molar-refractivity contribution is 8.18. The Morgan fingerprint density at radius 3 is 2.58 bits per heavy atom. The molecule has 0 aliphatic carbocycles. The molecule has 1 aliphatic heterocycles. The molecular weight excluding hydrogens is 482 g/mol. The Bertz CT molecular complexity index is 1420. The Labute approximate surface area is 211 Å². The zero-order valence-electron chi connectivity index (χ0n) is 19.9. The van der Waals surface area contributed by atoms with Gasteiger partial charge in [0.05, 0.1) is 28.5 Å². The molecule has 184 valence electrons. The molecule has 2 heterocycles. The maximum absolute atomic E-state index is 13.0. The fourth-order valence-corrected chi connectivity index (χ4v) is 4.88. The molecule has 2 amide bonds. The van der Waals surface area contributed by atoms with Gasteiger partial charge in [0.15, 0.2) is 0 Å². The van der Waals surface area contributed by atoms with Crippen molar-refractivity contribution in [3.63, 3.8) is 0 Å². The number of aromatic nitrogens is 1. The number of nitro benzene ring substituents is 1. The van der Waals surface area contributed by atoms with Gasteiger partial charge in [-0.25, -0.2) is 4.79 Å². The third-order valence-electron chi connectivity index (χ3n) is 5.71. The van der Waals surface area contributed by atoms with Crippen molar-refractivity contribution in [1.29, 1.82) is 0 Å². The third kappa shape index (κ3) is 4.94. The lowest BCUT2D eigenvalue weighted by Crippen LogP contribution is -2.27.